The van der Waals surface area contributed by atoms with Crippen LogP contribution in [0.3, 0.4) is 0 Å². The maximum atomic E-state index is 13.6. The number of carboxylic acids is 1. The van der Waals surface area contributed by atoms with Gasteiger partial charge in [-0.25, -0.2) is 4.39 Å². The minimum absolute atomic E-state index is 0.0540. The van der Waals surface area contributed by atoms with Gasteiger partial charge in [0.1, 0.15) is 12.4 Å². The Labute approximate surface area is 104 Å². The van der Waals surface area contributed by atoms with Crippen LogP contribution in [0.15, 0.2) is 30.9 Å². The second-order valence-corrected chi connectivity index (χ2v) is 3.85. The van der Waals surface area contributed by atoms with Crippen LogP contribution < -0.4 is 0 Å². The van der Waals surface area contributed by atoms with Crippen LogP contribution in [0.2, 0.25) is 0 Å². The zero-order valence-corrected chi connectivity index (χ0v) is 10.0. The molecule has 0 aliphatic heterocycles. The first-order valence-corrected chi connectivity index (χ1v) is 5.33. The van der Waals surface area contributed by atoms with Gasteiger partial charge in [-0.2, -0.15) is 0 Å². The highest BCUT2D eigenvalue weighted by Crippen LogP contribution is 2.12. The fraction of sp³-hybridized carbons (Fsp3) is 0.231. The van der Waals surface area contributed by atoms with E-state index in [4.69, 9.17) is 5.11 Å². The summed E-state index contributed by atoms with van der Waals surface area (Å²) in [5, 5.41) is 8.70. The van der Waals surface area contributed by atoms with Crippen LogP contribution in [0.25, 0.3) is 0 Å². The van der Waals surface area contributed by atoms with Crippen LogP contribution in [-0.2, 0) is 4.79 Å². The Morgan fingerprint density at radius 3 is 2.67 bits per heavy atom. The van der Waals surface area contributed by atoms with Gasteiger partial charge < -0.3 is 10.0 Å². The van der Waals surface area contributed by atoms with Gasteiger partial charge in [0.05, 0.1) is 5.56 Å². The number of hydrogen-bond donors (Lipinski definition) is 1. The van der Waals surface area contributed by atoms with Crippen molar-refractivity contribution < 1.29 is 19.1 Å². The highest BCUT2D eigenvalue weighted by molar-refractivity contribution is 5.96. The van der Waals surface area contributed by atoms with Crippen molar-refractivity contribution in [1.82, 2.24) is 4.90 Å². The molecule has 0 aliphatic rings. The minimum Gasteiger partial charge on any atom is -0.480 e. The van der Waals surface area contributed by atoms with E-state index in [1.807, 2.05) is 0 Å². The highest BCUT2D eigenvalue weighted by atomic mass is 19.1. The second-order valence-electron chi connectivity index (χ2n) is 3.85. The number of aryl methyl sites for hydroxylation is 1. The van der Waals surface area contributed by atoms with Gasteiger partial charge in [-0.3, -0.25) is 9.59 Å². The van der Waals surface area contributed by atoms with Crippen molar-refractivity contribution in [3.05, 3.63) is 47.8 Å². The summed E-state index contributed by atoms with van der Waals surface area (Å²) in [4.78, 5) is 23.6. The van der Waals surface area contributed by atoms with E-state index in [-0.39, 0.29) is 12.1 Å². The molecule has 0 fully saturated rings. The molecule has 0 aromatic heterocycles. The topological polar surface area (TPSA) is 57.6 Å². The molecule has 5 heteroatoms. The van der Waals surface area contributed by atoms with Gasteiger partial charge in [-0.05, 0) is 24.6 Å². The summed E-state index contributed by atoms with van der Waals surface area (Å²) < 4.78 is 13.6. The Balaban J connectivity index is 3.01. The second kappa shape index (κ2) is 5.95. The van der Waals surface area contributed by atoms with Crippen molar-refractivity contribution >= 4 is 11.9 Å². The van der Waals surface area contributed by atoms with Crippen LogP contribution >= 0.6 is 0 Å². The number of hydrogen-bond acceptors (Lipinski definition) is 2. The van der Waals surface area contributed by atoms with Crippen molar-refractivity contribution in [2.45, 2.75) is 6.92 Å². The van der Waals surface area contributed by atoms with E-state index in [0.717, 1.165) is 4.90 Å². The van der Waals surface area contributed by atoms with Crippen molar-refractivity contribution in [3.63, 3.8) is 0 Å². The smallest absolute Gasteiger partial charge is 0.323 e. The van der Waals surface area contributed by atoms with Crippen molar-refractivity contribution in [1.29, 1.82) is 0 Å². The lowest BCUT2D eigenvalue weighted by Crippen LogP contribution is -2.36. The summed E-state index contributed by atoms with van der Waals surface area (Å²) in [6.07, 6.45) is 1.40. The van der Waals surface area contributed by atoms with Gasteiger partial charge in [-0.15, -0.1) is 6.58 Å². The first-order valence-electron chi connectivity index (χ1n) is 5.33. The number of aliphatic carboxylic acids is 1. The van der Waals surface area contributed by atoms with E-state index >= 15 is 0 Å². The average Bonchev–Trinajstić information content (AvgIpc) is 2.27. The van der Waals surface area contributed by atoms with E-state index in [1.54, 1.807) is 13.0 Å². The molecular formula is C13H14FNO3. The zero-order chi connectivity index (χ0) is 13.7. The Kier molecular flexibility index (Phi) is 4.59. The molecule has 1 N–H and O–H groups in total. The van der Waals surface area contributed by atoms with Gasteiger partial charge >= 0.3 is 5.97 Å². The van der Waals surface area contributed by atoms with Gasteiger partial charge in [0.2, 0.25) is 0 Å². The molecule has 0 spiro atoms. The molecule has 0 atom stereocenters. The number of rotatable bonds is 5. The van der Waals surface area contributed by atoms with E-state index in [9.17, 15) is 14.0 Å². The standard InChI is InChI=1S/C13H14FNO3/c1-3-6-15(8-12(16)17)13(18)10-5-4-9(2)7-11(10)14/h3-5,7H,1,6,8H2,2H3,(H,16,17). The third kappa shape index (κ3) is 3.41. The lowest BCUT2D eigenvalue weighted by molar-refractivity contribution is -0.137. The largest absolute Gasteiger partial charge is 0.480 e. The molecule has 0 heterocycles. The number of benzene rings is 1. The number of carbonyl (C=O) groups is 2. The maximum absolute atomic E-state index is 13.6. The molecule has 1 aromatic carbocycles. The molecule has 1 amide bonds. The quantitative estimate of drug-likeness (QED) is 0.812. The normalized spacial score (nSPS) is 9.89. The Morgan fingerprint density at radius 2 is 2.17 bits per heavy atom. The van der Waals surface area contributed by atoms with Gasteiger partial charge in [0.25, 0.3) is 5.91 Å². The van der Waals surface area contributed by atoms with Crippen LogP contribution in [0.4, 0.5) is 4.39 Å². The average molecular weight is 251 g/mol. The Bertz CT molecular complexity index is 485. The summed E-state index contributed by atoms with van der Waals surface area (Å²) in [6, 6.07) is 4.19. The Hall–Kier alpha value is -2.17. The SMILES string of the molecule is C=CCN(CC(=O)O)C(=O)c1ccc(C)cc1F. The van der Waals surface area contributed by atoms with Crippen LogP contribution in [0.1, 0.15) is 15.9 Å². The van der Waals surface area contributed by atoms with Gasteiger partial charge in [0.15, 0.2) is 0 Å². The minimum atomic E-state index is -1.15. The summed E-state index contributed by atoms with van der Waals surface area (Å²) in [5.41, 5.74) is 0.557. The summed E-state index contributed by atoms with van der Waals surface area (Å²) >= 11 is 0. The van der Waals surface area contributed by atoms with E-state index in [0.29, 0.717) is 5.56 Å². The summed E-state index contributed by atoms with van der Waals surface area (Å²) in [6.45, 7) is 4.71. The first-order chi connectivity index (χ1) is 8.45. The van der Waals surface area contributed by atoms with Crippen molar-refractivity contribution in [2.75, 3.05) is 13.1 Å². The molecule has 1 aromatic rings. The van der Waals surface area contributed by atoms with Crippen molar-refractivity contribution in [3.8, 4) is 0 Å². The highest BCUT2D eigenvalue weighted by Gasteiger charge is 2.20. The van der Waals surface area contributed by atoms with E-state index < -0.39 is 24.2 Å². The third-order valence-corrected chi connectivity index (χ3v) is 2.32. The van der Waals surface area contributed by atoms with Gasteiger partial charge in [0, 0.05) is 6.54 Å². The predicted molar refractivity (Wildman–Crippen MR) is 64.9 cm³/mol. The number of halogens is 1. The van der Waals surface area contributed by atoms with E-state index in [2.05, 4.69) is 6.58 Å². The molecule has 0 saturated carbocycles. The van der Waals surface area contributed by atoms with Crippen molar-refractivity contribution in [2.24, 2.45) is 0 Å². The number of carbonyl (C=O) groups excluding carboxylic acids is 1. The maximum Gasteiger partial charge on any atom is 0.323 e. The molecule has 0 radical (unpaired) electrons. The molecular weight excluding hydrogens is 237 g/mol. The number of nitrogens with zero attached hydrogens (tertiary/aromatic N) is 1. The molecule has 18 heavy (non-hydrogen) atoms. The molecule has 0 aliphatic carbocycles. The molecule has 0 saturated heterocycles. The van der Waals surface area contributed by atoms with Gasteiger partial charge in [-0.1, -0.05) is 12.1 Å². The molecule has 0 unspecified atom stereocenters. The van der Waals surface area contributed by atoms with Crippen LogP contribution in [-0.4, -0.2) is 35.0 Å². The third-order valence-electron chi connectivity index (χ3n) is 2.32. The van der Waals surface area contributed by atoms with E-state index in [1.165, 1.54) is 18.2 Å². The monoisotopic (exact) mass is 251 g/mol. The Morgan fingerprint density at radius 1 is 1.50 bits per heavy atom. The predicted octanol–water partition coefficient (Wildman–Crippen LogP) is 1.85. The molecule has 0 bridgehead atoms. The number of carboxylic acid groups (broad SMARTS) is 1. The summed E-state index contributed by atoms with van der Waals surface area (Å²) in [7, 11) is 0. The van der Waals surface area contributed by atoms with Crippen LogP contribution in [0.5, 0.6) is 0 Å². The molecule has 96 valence electrons. The lowest BCUT2D eigenvalue weighted by atomic mass is 10.1. The fourth-order valence-electron chi connectivity index (χ4n) is 1.50. The fourth-order valence-corrected chi connectivity index (χ4v) is 1.50. The first kappa shape index (κ1) is 13.9. The molecule has 4 nitrogen and oxygen atoms in total. The molecule has 1 rings (SSSR count). The van der Waals surface area contributed by atoms with Crippen LogP contribution in [0, 0.1) is 12.7 Å². The zero-order valence-electron chi connectivity index (χ0n) is 10.0. The number of amides is 1. The summed E-state index contributed by atoms with van der Waals surface area (Å²) in [5.74, 6) is -2.47. The lowest BCUT2D eigenvalue weighted by Gasteiger charge is -2.19.